The molecule has 0 radical (unpaired) electrons. The molecule has 0 aliphatic rings. The Morgan fingerprint density at radius 3 is 0.722 bits per heavy atom. The van der Waals surface area contributed by atoms with E-state index in [-0.39, 0.29) is 11.1 Å². The van der Waals surface area contributed by atoms with Gasteiger partial charge in [0, 0.05) is 67.6 Å². The van der Waals surface area contributed by atoms with Crippen LogP contribution in [-0.4, -0.2) is 6.18 Å². The highest BCUT2D eigenvalue weighted by Gasteiger charge is 2.53. The first-order valence-corrected chi connectivity index (χ1v) is 30.2. The summed E-state index contributed by atoms with van der Waals surface area (Å²) in [6.45, 7) is 1.28. The van der Waals surface area contributed by atoms with Crippen molar-refractivity contribution < 1.29 is 13.2 Å². The molecule has 14 aromatic rings. The van der Waals surface area contributed by atoms with Crippen LogP contribution in [0.2, 0.25) is 0 Å². The van der Waals surface area contributed by atoms with Gasteiger partial charge in [-0.3, -0.25) is 0 Å². The van der Waals surface area contributed by atoms with Gasteiger partial charge in [0.25, 0.3) is 0 Å². The second kappa shape index (κ2) is 24.4. The number of hydrogen-bond acceptors (Lipinski definition) is 4. The molecule has 14 aromatic carbocycles. The number of nitrogens with zero attached hydrogens (tertiary/aromatic N) is 4. The molecule has 0 aliphatic carbocycles. The smallest absolute Gasteiger partial charge is 0.311 e. The number of anilines is 12. The zero-order valence-electron chi connectivity index (χ0n) is 49.4. The molecule has 0 amide bonds. The average molecular weight is 1170 g/mol. The first-order chi connectivity index (χ1) is 44.2. The van der Waals surface area contributed by atoms with E-state index in [0.717, 1.165) is 101 Å². The molecule has 14 rings (SSSR count). The molecular formula is C83H61F3N4. The Hall–Kier alpha value is -11.4. The summed E-state index contributed by atoms with van der Waals surface area (Å²) in [6.07, 6.45) is -4.64. The summed E-state index contributed by atoms with van der Waals surface area (Å²) in [5, 5.41) is 4.67. The van der Waals surface area contributed by atoms with Crippen LogP contribution in [-0.2, 0) is 5.41 Å². The van der Waals surface area contributed by atoms with Crippen molar-refractivity contribution in [3.05, 3.63) is 363 Å². The van der Waals surface area contributed by atoms with Crippen LogP contribution in [0.3, 0.4) is 0 Å². The highest BCUT2D eigenvalue weighted by Crippen LogP contribution is 2.49. The van der Waals surface area contributed by atoms with Gasteiger partial charge in [0.2, 0.25) is 0 Å². The predicted molar refractivity (Wildman–Crippen MR) is 370 cm³/mol. The minimum absolute atomic E-state index is 0.134. The number of rotatable bonds is 16. The highest BCUT2D eigenvalue weighted by molar-refractivity contribution is 6.00. The van der Waals surface area contributed by atoms with Gasteiger partial charge in [-0.1, -0.05) is 218 Å². The van der Waals surface area contributed by atoms with Gasteiger partial charge in [-0.05, 0) is 185 Å². The molecule has 7 heteroatoms. The molecule has 0 unspecified atom stereocenters. The number of benzene rings is 14. The normalized spacial score (nSPS) is 11.6. The Kier molecular flexibility index (Phi) is 15.3. The third kappa shape index (κ3) is 11.0. The van der Waals surface area contributed by atoms with E-state index in [1.807, 2.05) is 72.8 Å². The Morgan fingerprint density at radius 2 is 0.433 bits per heavy atom. The molecule has 4 nitrogen and oxygen atoms in total. The van der Waals surface area contributed by atoms with E-state index < -0.39 is 11.6 Å². The topological polar surface area (TPSA) is 13.0 Å². The van der Waals surface area contributed by atoms with E-state index in [0.29, 0.717) is 0 Å². The number of hydrogen-bond donors (Lipinski definition) is 0. The van der Waals surface area contributed by atoms with E-state index in [2.05, 4.69) is 250 Å². The predicted octanol–water partition coefficient (Wildman–Crippen LogP) is 24.1. The van der Waals surface area contributed by atoms with Crippen molar-refractivity contribution in [2.45, 2.75) is 18.5 Å². The van der Waals surface area contributed by atoms with Crippen molar-refractivity contribution >= 4 is 89.8 Å². The monoisotopic (exact) mass is 1170 g/mol. The van der Waals surface area contributed by atoms with Crippen LogP contribution in [0.15, 0.2) is 352 Å². The summed E-state index contributed by atoms with van der Waals surface area (Å²) in [5.41, 5.74) is 13.4. The summed E-state index contributed by atoms with van der Waals surface area (Å²) in [6, 6.07) is 118. The lowest BCUT2D eigenvalue weighted by Crippen LogP contribution is -2.40. The molecule has 0 bridgehead atoms. The molecule has 0 atom stereocenters. The van der Waals surface area contributed by atoms with Crippen LogP contribution >= 0.6 is 0 Å². The number of halogens is 3. The third-order valence-corrected chi connectivity index (χ3v) is 17.2. The van der Waals surface area contributed by atoms with E-state index in [1.165, 1.54) is 17.7 Å². The van der Waals surface area contributed by atoms with Crippen LogP contribution in [0.5, 0.6) is 0 Å². The fraction of sp³-hybridized carbons (Fsp3) is 0.0361. The summed E-state index contributed by atoms with van der Waals surface area (Å²) in [5.74, 6) is 0. The van der Waals surface area contributed by atoms with Gasteiger partial charge >= 0.3 is 6.18 Å². The van der Waals surface area contributed by atoms with Gasteiger partial charge in [-0.15, -0.1) is 0 Å². The maximum absolute atomic E-state index is 15.9. The lowest BCUT2D eigenvalue weighted by Gasteiger charge is -2.34. The third-order valence-electron chi connectivity index (χ3n) is 17.2. The van der Waals surface area contributed by atoms with Crippen molar-refractivity contribution in [3.63, 3.8) is 0 Å². The molecule has 0 aromatic heterocycles. The maximum atomic E-state index is 15.9. The summed E-state index contributed by atoms with van der Waals surface area (Å²) in [7, 11) is 0. The molecule has 434 valence electrons. The van der Waals surface area contributed by atoms with Crippen LogP contribution < -0.4 is 19.6 Å². The Morgan fingerprint density at radius 1 is 0.211 bits per heavy atom. The second-order valence-corrected chi connectivity index (χ2v) is 22.6. The molecule has 0 heterocycles. The molecule has 0 saturated carbocycles. The van der Waals surface area contributed by atoms with E-state index in [4.69, 9.17) is 0 Å². The molecule has 0 aliphatic heterocycles. The lowest BCUT2D eigenvalue weighted by atomic mass is 9.75. The Balaban J connectivity index is 0.724. The van der Waals surface area contributed by atoms with Crippen molar-refractivity contribution in [1.29, 1.82) is 0 Å². The van der Waals surface area contributed by atoms with Gasteiger partial charge in [-0.2, -0.15) is 13.2 Å². The van der Waals surface area contributed by atoms with Crippen molar-refractivity contribution in [1.82, 2.24) is 0 Å². The highest BCUT2D eigenvalue weighted by atomic mass is 19.4. The zero-order valence-corrected chi connectivity index (χ0v) is 49.4. The Bertz CT molecular complexity index is 4410. The van der Waals surface area contributed by atoms with Crippen LogP contribution in [0.1, 0.15) is 18.1 Å². The van der Waals surface area contributed by atoms with Crippen LogP contribution in [0.4, 0.5) is 81.4 Å². The van der Waals surface area contributed by atoms with E-state index in [9.17, 15) is 0 Å². The first-order valence-electron chi connectivity index (χ1n) is 30.2. The minimum Gasteiger partial charge on any atom is -0.311 e. The van der Waals surface area contributed by atoms with Gasteiger partial charge in [0.15, 0.2) is 0 Å². The van der Waals surface area contributed by atoms with Crippen LogP contribution in [0.25, 0.3) is 43.8 Å². The maximum Gasteiger partial charge on any atom is 0.402 e. The fourth-order valence-electron chi connectivity index (χ4n) is 12.5. The van der Waals surface area contributed by atoms with Gasteiger partial charge in [-0.25, -0.2) is 0 Å². The van der Waals surface area contributed by atoms with E-state index >= 15 is 13.2 Å². The molecule has 90 heavy (non-hydrogen) atoms. The van der Waals surface area contributed by atoms with E-state index in [1.54, 1.807) is 48.5 Å². The standard InChI is InChI=1S/C83H61F3N4/c1-82(83(84,85)86,66-44-56-74(57-45-66)87(68-24-6-2-7-25-68)72-48-36-60(37-49-72)62-40-52-76(53-41-62)89(70-28-10-4-11-29-70)80-34-18-22-64-20-14-16-32-78(64)80)67-46-58-75(59-47-67)88(69-26-8-3-9-27-69)73-50-38-61(39-51-73)63-42-54-77(55-43-63)90(71-30-12-5-13-31-71)81-35-19-23-65-21-15-17-33-79(65)81/h2-59H,1H3. The number of para-hydroxylation sites is 4. The summed E-state index contributed by atoms with van der Waals surface area (Å²) in [4.78, 5) is 8.74. The SMILES string of the molecule is CC(c1ccc(N(c2ccccc2)c2ccc(-c3ccc(N(c4ccccc4)c4cccc5ccccc45)cc3)cc2)cc1)(c1ccc(N(c2ccccc2)c2ccc(-c3ccc(N(c4ccccc4)c4cccc5ccccc45)cc3)cc2)cc1)C(F)(F)F. The van der Waals surface area contributed by atoms with Gasteiger partial charge < -0.3 is 19.6 Å². The number of fused-ring (bicyclic) bond motifs is 2. The lowest BCUT2D eigenvalue weighted by molar-refractivity contribution is -0.173. The first kappa shape index (κ1) is 56.4. The molecule has 0 spiro atoms. The van der Waals surface area contributed by atoms with Crippen molar-refractivity contribution in [2.24, 2.45) is 0 Å². The van der Waals surface area contributed by atoms with Gasteiger partial charge in [0.1, 0.15) is 5.41 Å². The van der Waals surface area contributed by atoms with Crippen LogP contribution in [0, 0.1) is 0 Å². The molecule has 0 saturated heterocycles. The Labute approximate surface area is 523 Å². The second-order valence-electron chi connectivity index (χ2n) is 22.6. The van der Waals surface area contributed by atoms with Crippen molar-refractivity contribution in [2.75, 3.05) is 19.6 Å². The quantitative estimate of drug-likeness (QED) is 0.0956. The summed E-state index contributed by atoms with van der Waals surface area (Å²) < 4.78 is 47.8. The van der Waals surface area contributed by atoms with Gasteiger partial charge in [0.05, 0.1) is 11.4 Å². The molecular weight excluding hydrogens is 1110 g/mol. The minimum atomic E-state index is -4.64. The largest absolute Gasteiger partial charge is 0.402 e. The number of alkyl halides is 3. The average Bonchev–Trinajstić information content (AvgIpc) is 0.966. The fourth-order valence-corrected chi connectivity index (χ4v) is 12.5. The van der Waals surface area contributed by atoms with Crippen molar-refractivity contribution in [3.8, 4) is 22.3 Å². The molecule has 0 fully saturated rings. The zero-order chi connectivity index (χ0) is 61.0. The molecule has 0 N–H and O–H groups in total. The summed E-state index contributed by atoms with van der Waals surface area (Å²) >= 11 is 0.